The van der Waals surface area contributed by atoms with Crippen molar-refractivity contribution in [3.05, 3.63) is 64.7 Å². The second kappa shape index (κ2) is 8.99. The molecule has 1 unspecified atom stereocenters. The van der Waals surface area contributed by atoms with Gasteiger partial charge in [0, 0.05) is 30.1 Å². The van der Waals surface area contributed by atoms with E-state index < -0.39 is 45.8 Å². The van der Waals surface area contributed by atoms with Crippen LogP contribution in [0.15, 0.2) is 47.4 Å². The third-order valence-corrected chi connectivity index (χ3v) is 7.62. The van der Waals surface area contributed by atoms with E-state index in [1.54, 1.807) is 31.2 Å². The fourth-order valence-corrected chi connectivity index (χ4v) is 5.68. The maximum Gasteiger partial charge on any atom is 0.337 e. The molecule has 2 aliphatic heterocycles. The molecule has 0 bridgehead atoms. The molecule has 0 aliphatic carbocycles. The third-order valence-electron chi connectivity index (χ3n) is 5.99. The topological polar surface area (TPSA) is 139 Å². The Kier molecular flexibility index (Phi) is 6.24. The predicted molar refractivity (Wildman–Crippen MR) is 119 cm³/mol. The number of carbonyl (C=O) groups excluding carboxylic acids is 4. The fourth-order valence-electron chi connectivity index (χ4n) is 4.20. The molecular weight excluding hydrogens is 462 g/mol. The quantitative estimate of drug-likeness (QED) is 0.464. The van der Waals surface area contributed by atoms with Crippen molar-refractivity contribution in [1.29, 1.82) is 0 Å². The summed E-state index contributed by atoms with van der Waals surface area (Å²) >= 11 is 0. The van der Waals surface area contributed by atoms with Gasteiger partial charge in [-0.15, -0.1) is 0 Å². The van der Waals surface area contributed by atoms with Crippen molar-refractivity contribution in [2.45, 2.75) is 43.3 Å². The van der Waals surface area contributed by atoms with E-state index in [9.17, 15) is 27.6 Å². The first kappa shape index (κ1) is 23.6. The minimum atomic E-state index is -4.04. The van der Waals surface area contributed by atoms with Crippen LogP contribution in [0.2, 0.25) is 0 Å². The van der Waals surface area contributed by atoms with Crippen LogP contribution in [-0.4, -0.2) is 50.2 Å². The molecule has 11 heteroatoms. The SMILES string of the molecule is COC(=O)c1ccc([C@H](C)NS(=O)(=O)c2cccc3c2CN(C2CCC(=O)NC2=O)C3=O)cc1. The summed E-state index contributed by atoms with van der Waals surface area (Å²) in [5.41, 5.74) is 1.49. The molecular formula is C23H23N3O7S. The van der Waals surface area contributed by atoms with Gasteiger partial charge in [0.1, 0.15) is 6.04 Å². The third kappa shape index (κ3) is 4.31. The van der Waals surface area contributed by atoms with Crippen LogP contribution in [0, 0.1) is 0 Å². The number of hydrogen-bond donors (Lipinski definition) is 2. The van der Waals surface area contributed by atoms with E-state index in [4.69, 9.17) is 0 Å². The van der Waals surface area contributed by atoms with Crippen LogP contribution in [-0.2, 0) is 30.9 Å². The molecule has 2 N–H and O–H groups in total. The lowest BCUT2D eigenvalue weighted by atomic mass is 10.0. The van der Waals surface area contributed by atoms with Gasteiger partial charge in [0.2, 0.25) is 21.8 Å². The predicted octanol–water partition coefficient (Wildman–Crippen LogP) is 1.27. The van der Waals surface area contributed by atoms with Gasteiger partial charge >= 0.3 is 5.97 Å². The van der Waals surface area contributed by atoms with Gasteiger partial charge < -0.3 is 9.64 Å². The fraction of sp³-hybridized carbons (Fsp3) is 0.304. The number of hydrogen-bond acceptors (Lipinski definition) is 7. The standard InChI is InChI=1S/C23H23N3O7S/c1-13(14-6-8-15(9-7-14)23(30)33-2)25-34(31,32)19-5-3-4-16-17(19)12-26(22(16)29)18-10-11-20(27)24-21(18)28/h3-9,13,18,25H,10-12H2,1-2H3,(H,24,27,28)/t13-,18?/m0/s1. The molecule has 0 spiro atoms. The number of ether oxygens (including phenoxy) is 1. The highest BCUT2D eigenvalue weighted by atomic mass is 32.2. The van der Waals surface area contributed by atoms with Crippen LogP contribution in [0.4, 0.5) is 0 Å². The molecule has 178 valence electrons. The Balaban J connectivity index is 1.57. The van der Waals surface area contributed by atoms with Crippen LogP contribution in [0.5, 0.6) is 0 Å². The van der Waals surface area contributed by atoms with Crippen molar-refractivity contribution in [3.63, 3.8) is 0 Å². The summed E-state index contributed by atoms with van der Waals surface area (Å²) < 4.78 is 33.8. The molecule has 3 amide bonds. The summed E-state index contributed by atoms with van der Waals surface area (Å²) in [4.78, 5) is 49.6. The maximum absolute atomic E-state index is 13.3. The number of esters is 1. The van der Waals surface area contributed by atoms with Gasteiger partial charge in [-0.05, 0) is 43.2 Å². The second-order valence-corrected chi connectivity index (χ2v) is 9.82. The average Bonchev–Trinajstić information content (AvgIpc) is 3.14. The molecule has 2 aliphatic rings. The Bertz CT molecular complexity index is 1290. The highest BCUT2D eigenvalue weighted by molar-refractivity contribution is 7.89. The molecule has 1 fully saturated rings. The van der Waals surface area contributed by atoms with E-state index in [1.807, 2.05) is 0 Å². The lowest BCUT2D eigenvalue weighted by Gasteiger charge is -2.29. The molecule has 0 radical (unpaired) electrons. The van der Waals surface area contributed by atoms with E-state index in [-0.39, 0.29) is 29.8 Å². The van der Waals surface area contributed by atoms with E-state index in [0.717, 1.165) is 0 Å². The van der Waals surface area contributed by atoms with E-state index in [1.165, 1.54) is 30.2 Å². The molecule has 34 heavy (non-hydrogen) atoms. The minimum Gasteiger partial charge on any atom is -0.465 e. The molecule has 0 saturated carbocycles. The van der Waals surface area contributed by atoms with Crippen LogP contribution in [0.1, 0.15) is 57.7 Å². The van der Waals surface area contributed by atoms with Gasteiger partial charge in [0.15, 0.2) is 0 Å². The molecule has 10 nitrogen and oxygen atoms in total. The van der Waals surface area contributed by atoms with Crippen LogP contribution >= 0.6 is 0 Å². The Morgan fingerprint density at radius 2 is 1.85 bits per heavy atom. The van der Waals surface area contributed by atoms with Gasteiger partial charge in [0.25, 0.3) is 5.91 Å². The number of nitrogens with zero attached hydrogens (tertiary/aromatic N) is 1. The molecule has 4 rings (SSSR count). The van der Waals surface area contributed by atoms with E-state index in [2.05, 4.69) is 14.8 Å². The number of rotatable bonds is 6. The Hall–Kier alpha value is -3.57. The van der Waals surface area contributed by atoms with Crippen molar-refractivity contribution in [2.75, 3.05) is 7.11 Å². The lowest BCUT2D eigenvalue weighted by molar-refractivity contribution is -0.136. The normalized spacial score (nSPS) is 18.9. The van der Waals surface area contributed by atoms with Crippen molar-refractivity contribution in [2.24, 2.45) is 0 Å². The lowest BCUT2D eigenvalue weighted by Crippen LogP contribution is -2.52. The van der Waals surface area contributed by atoms with Crippen molar-refractivity contribution in [1.82, 2.24) is 14.9 Å². The Morgan fingerprint density at radius 3 is 2.50 bits per heavy atom. The van der Waals surface area contributed by atoms with Crippen LogP contribution in [0.3, 0.4) is 0 Å². The minimum absolute atomic E-state index is 0.0498. The number of carbonyl (C=O) groups is 4. The first-order chi connectivity index (χ1) is 16.1. The Morgan fingerprint density at radius 1 is 1.15 bits per heavy atom. The number of fused-ring (bicyclic) bond motifs is 1. The molecule has 1 saturated heterocycles. The van der Waals surface area contributed by atoms with Crippen molar-refractivity contribution >= 4 is 33.7 Å². The zero-order valence-corrected chi connectivity index (χ0v) is 19.3. The zero-order valence-electron chi connectivity index (χ0n) is 18.5. The van der Waals surface area contributed by atoms with Crippen molar-refractivity contribution in [3.8, 4) is 0 Å². The van der Waals surface area contributed by atoms with Crippen molar-refractivity contribution < 1.29 is 32.3 Å². The van der Waals surface area contributed by atoms with Crippen LogP contribution in [0.25, 0.3) is 0 Å². The molecule has 2 heterocycles. The number of sulfonamides is 1. The summed E-state index contributed by atoms with van der Waals surface area (Å²) in [6.45, 7) is 1.61. The summed E-state index contributed by atoms with van der Waals surface area (Å²) in [5, 5.41) is 2.23. The summed E-state index contributed by atoms with van der Waals surface area (Å²) in [7, 11) is -2.76. The highest BCUT2D eigenvalue weighted by Crippen LogP contribution is 2.32. The molecule has 2 aromatic carbocycles. The molecule has 0 aromatic heterocycles. The van der Waals surface area contributed by atoms with Gasteiger partial charge in [-0.2, -0.15) is 0 Å². The smallest absolute Gasteiger partial charge is 0.337 e. The number of methoxy groups -OCH3 is 1. The summed E-state index contributed by atoms with van der Waals surface area (Å²) in [6.07, 6.45) is 0.291. The van der Waals surface area contributed by atoms with E-state index in [0.29, 0.717) is 16.7 Å². The number of piperidine rings is 1. The van der Waals surface area contributed by atoms with Crippen LogP contribution < -0.4 is 10.0 Å². The van der Waals surface area contributed by atoms with Gasteiger partial charge in [-0.1, -0.05) is 18.2 Å². The van der Waals surface area contributed by atoms with E-state index >= 15 is 0 Å². The largest absolute Gasteiger partial charge is 0.465 e. The number of nitrogens with one attached hydrogen (secondary N) is 2. The maximum atomic E-state index is 13.3. The zero-order chi connectivity index (χ0) is 24.6. The average molecular weight is 486 g/mol. The number of amides is 3. The summed E-state index contributed by atoms with van der Waals surface area (Å²) in [6, 6.07) is 9.30. The first-order valence-corrected chi connectivity index (χ1v) is 12.1. The van der Waals surface area contributed by atoms with Gasteiger partial charge in [-0.25, -0.2) is 17.9 Å². The summed E-state index contributed by atoms with van der Waals surface area (Å²) in [5.74, 6) is -1.91. The molecule has 2 atom stereocenters. The second-order valence-electron chi connectivity index (χ2n) is 8.14. The first-order valence-electron chi connectivity index (χ1n) is 10.6. The monoisotopic (exact) mass is 485 g/mol. The molecule has 2 aromatic rings. The van der Waals surface area contributed by atoms with Gasteiger partial charge in [-0.3, -0.25) is 19.7 Å². The number of imide groups is 1. The highest BCUT2D eigenvalue weighted by Gasteiger charge is 2.41. The Labute approximate surface area is 196 Å². The number of benzene rings is 2. The van der Waals surface area contributed by atoms with Gasteiger partial charge in [0.05, 0.1) is 17.6 Å².